The Labute approximate surface area is 85.7 Å². The first kappa shape index (κ1) is 9.39. The molecule has 76 valence electrons. The fraction of sp³-hybridized carbons (Fsp3) is 0.100. The zero-order chi connectivity index (χ0) is 10.7. The molecule has 2 aromatic heterocycles. The van der Waals surface area contributed by atoms with Gasteiger partial charge in [-0.1, -0.05) is 6.07 Å². The highest BCUT2D eigenvalue weighted by Crippen LogP contribution is 2.05. The van der Waals surface area contributed by atoms with Crippen molar-refractivity contribution >= 4 is 17.7 Å². The summed E-state index contributed by atoms with van der Waals surface area (Å²) in [5, 5.41) is 6.48. The Bertz CT molecular complexity index is 471. The highest BCUT2D eigenvalue weighted by molar-refractivity contribution is 5.94. The van der Waals surface area contributed by atoms with Crippen LogP contribution in [0.2, 0.25) is 0 Å². The Morgan fingerprint density at radius 2 is 2.40 bits per heavy atom. The van der Waals surface area contributed by atoms with Gasteiger partial charge in [0, 0.05) is 6.20 Å². The average molecular weight is 203 g/mol. The van der Waals surface area contributed by atoms with Crippen LogP contribution in [0.1, 0.15) is 10.5 Å². The van der Waals surface area contributed by atoms with Crippen molar-refractivity contribution in [3.05, 3.63) is 36.2 Å². The number of carbonyl (C=O) groups is 2. The summed E-state index contributed by atoms with van der Waals surface area (Å²) >= 11 is 0. The minimum Gasteiger partial charge on any atom is -0.344 e. The number of amides is 1. The number of hydrogen-bond donors (Lipinski definition) is 1. The average Bonchev–Trinajstić information content (AvgIpc) is 2.69. The second-order valence-electron chi connectivity index (χ2n) is 2.98. The Morgan fingerprint density at radius 1 is 1.53 bits per heavy atom. The van der Waals surface area contributed by atoms with Crippen LogP contribution >= 0.6 is 0 Å². The molecule has 0 saturated heterocycles. The molecule has 15 heavy (non-hydrogen) atoms. The number of nitrogens with zero attached hydrogens (tertiary/aromatic N) is 2. The monoisotopic (exact) mass is 203 g/mol. The van der Waals surface area contributed by atoms with Crippen molar-refractivity contribution in [1.29, 1.82) is 0 Å². The molecule has 0 fully saturated rings. The van der Waals surface area contributed by atoms with Crippen LogP contribution in [-0.4, -0.2) is 28.4 Å². The lowest BCUT2D eigenvalue weighted by Crippen LogP contribution is -2.25. The topological polar surface area (TPSA) is 63.5 Å². The van der Waals surface area contributed by atoms with Crippen molar-refractivity contribution in [2.24, 2.45) is 0 Å². The van der Waals surface area contributed by atoms with Gasteiger partial charge in [-0.15, -0.1) is 0 Å². The van der Waals surface area contributed by atoms with Gasteiger partial charge in [0.15, 0.2) is 5.69 Å². The first-order valence-corrected chi connectivity index (χ1v) is 4.47. The number of carbonyl (C=O) groups excluding carboxylic acids is 2. The third-order valence-electron chi connectivity index (χ3n) is 1.95. The van der Waals surface area contributed by atoms with Crippen molar-refractivity contribution < 1.29 is 9.59 Å². The second kappa shape index (κ2) is 3.91. The van der Waals surface area contributed by atoms with E-state index in [2.05, 4.69) is 10.4 Å². The van der Waals surface area contributed by atoms with E-state index < -0.39 is 0 Å². The van der Waals surface area contributed by atoms with Crippen molar-refractivity contribution in [2.45, 2.75) is 0 Å². The van der Waals surface area contributed by atoms with Gasteiger partial charge in [0.2, 0.25) is 0 Å². The second-order valence-corrected chi connectivity index (χ2v) is 2.98. The zero-order valence-corrected chi connectivity index (χ0v) is 7.88. The maximum atomic E-state index is 11.4. The molecule has 0 radical (unpaired) electrons. The molecule has 0 bridgehead atoms. The third kappa shape index (κ3) is 1.85. The normalized spacial score (nSPS) is 10.1. The number of pyridine rings is 1. The summed E-state index contributed by atoms with van der Waals surface area (Å²) < 4.78 is 1.61. The van der Waals surface area contributed by atoms with E-state index >= 15 is 0 Å². The van der Waals surface area contributed by atoms with Crippen molar-refractivity contribution in [1.82, 2.24) is 14.9 Å². The van der Waals surface area contributed by atoms with Crippen LogP contribution in [0.25, 0.3) is 5.52 Å². The van der Waals surface area contributed by atoms with Gasteiger partial charge in [-0.25, -0.2) is 4.52 Å². The fourth-order valence-corrected chi connectivity index (χ4v) is 1.27. The lowest BCUT2D eigenvalue weighted by Gasteiger charge is -1.94. The van der Waals surface area contributed by atoms with Gasteiger partial charge in [-0.3, -0.25) is 4.79 Å². The van der Waals surface area contributed by atoms with Crippen molar-refractivity contribution in [3.63, 3.8) is 0 Å². The number of nitrogens with one attached hydrogen (secondary N) is 1. The van der Waals surface area contributed by atoms with Crippen molar-refractivity contribution in [3.8, 4) is 0 Å². The molecule has 5 nitrogen and oxygen atoms in total. The molecule has 0 aliphatic carbocycles. The molecule has 0 spiro atoms. The van der Waals surface area contributed by atoms with E-state index in [0.717, 1.165) is 5.52 Å². The van der Waals surface area contributed by atoms with Crippen LogP contribution in [0.15, 0.2) is 30.5 Å². The van der Waals surface area contributed by atoms with Crippen LogP contribution in [-0.2, 0) is 4.79 Å². The van der Waals surface area contributed by atoms with Gasteiger partial charge in [0.05, 0.1) is 12.1 Å². The Hall–Kier alpha value is -2.17. The number of aromatic nitrogens is 2. The summed E-state index contributed by atoms with van der Waals surface area (Å²) in [4.78, 5) is 21.5. The van der Waals surface area contributed by atoms with E-state index in [9.17, 15) is 9.59 Å². The number of rotatable bonds is 3. The van der Waals surface area contributed by atoms with Gasteiger partial charge in [0.25, 0.3) is 5.91 Å². The number of fused-ring (bicyclic) bond motifs is 1. The van der Waals surface area contributed by atoms with Crippen LogP contribution in [0.4, 0.5) is 0 Å². The summed E-state index contributed by atoms with van der Waals surface area (Å²) in [6.07, 6.45) is 2.39. The number of hydrogen-bond acceptors (Lipinski definition) is 3. The summed E-state index contributed by atoms with van der Waals surface area (Å²) in [7, 11) is 0. The minimum absolute atomic E-state index is 0.00665. The van der Waals surface area contributed by atoms with Gasteiger partial charge in [-0.05, 0) is 18.2 Å². The first-order valence-electron chi connectivity index (χ1n) is 4.47. The molecule has 0 unspecified atom stereocenters. The van der Waals surface area contributed by atoms with E-state index in [4.69, 9.17) is 0 Å². The lowest BCUT2D eigenvalue weighted by molar-refractivity contribution is -0.107. The molecule has 1 N–H and O–H groups in total. The predicted molar refractivity (Wildman–Crippen MR) is 53.6 cm³/mol. The van der Waals surface area contributed by atoms with Crippen LogP contribution in [0.5, 0.6) is 0 Å². The summed E-state index contributed by atoms with van der Waals surface area (Å²) in [6.45, 7) is 0.00665. The smallest absolute Gasteiger partial charge is 0.272 e. The molecule has 0 saturated carbocycles. The summed E-state index contributed by atoms with van der Waals surface area (Å²) in [5.74, 6) is -0.342. The highest BCUT2D eigenvalue weighted by atomic mass is 16.2. The molecule has 0 aliphatic heterocycles. The lowest BCUT2D eigenvalue weighted by atomic mass is 10.3. The maximum Gasteiger partial charge on any atom is 0.272 e. The van der Waals surface area contributed by atoms with Gasteiger partial charge in [0.1, 0.15) is 6.29 Å². The Kier molecular flexibility index (Phi) is 2.45. The molecule has 0 aromatic carbocycles. The maximum absolute atomic E-state index is 11.4. The van der Waals surface area contributed by atoms with E-state index in [1.165, 1.54) is 0 Å². The standard InChI is InChI=1S/C10H9N3O2/c14-6-4-11-10(15)9-7-8-3-1-2-5-13(8)12-9/h1-3,5-7H,4H2,(H,11,15). The molecule has 1 amide bonds. The Morgan fingerprint density at radius 3 is 3.13 bits per heavy atom. The predicted octanol–water partition coefficient (Wildman–Crippen LogP) is 0.263. The number of aldehydes is 1. The Balaban J connectivity index is 2.28. The van der Waals surface area contributed by atoms with E-state index in [1.54, 1.807) is 16.8 Å². The molecule has 2 heterocycles. The molecule has 0 atom stereocenters. The molecule has 0 aliphatic rings. The van der Waals surface area contributed by atoms with Crippen LogP contribution < -0.4 is 5.32 Å². The van der Waals surface area contributed by atoms with Gasteiger partial charge < -0.3 is 10.1 Å². The van der Waals surface area contributed by atoms with E-state index in [1.807, 2.05) is 18.2 Å². The van der Waals surface area contributed by atoms with E-state index in [-0.39, 0.29) is 12.5 Å². The van der Waals surface area contributed by atoms with Gasteiger partial charge in [-0.2, -0.15) is 5.10 Å². The van der Waals surface area contributed by atoms with Crippen LogP contribution in [0, 0.1) is 0 Å². The summed E-state index contributed by atoms with van der Waals surface area (Å²) in [6, 6.07) is 7.21. The van der Waals surface area contributed by atoms with Gasteiger partial charge >= 0.3 is 0 Å². The molecule has 2 rings (SSSR count). The highest BCUT2D eigenvalue weighted by Gasteiger charge is 2.08. The first-order chi connectivity index (χ1) is 7.31. The fourth-order valence-electron chi connectivity index (χ4n) is 1.27. The largest absolute Gasteiger partial charge is 0.344 e. The van der Waals surface area contributed by atoms with Crippen molar-refractivity contribution in [2.75, 3.05) is 6.54 Å². The zero-order valence-electron chi connectivity index (χ0n) is 7.88. The SMILES string of the molecule is O=CCNC(=O)c1cc2ccccn2n1. The molecule has 5 heteroatoms. The molecular weight excluding hydrogens is 194 g/mol. The molecular formula is C10H9N3O2. The quantitative estimate of drug-likeness (QED) is 0.728. The summed E-state index contributed by atoms with van der Waals surface area (Å²) in [5.41, 5.74) is 1.15. The third-order valence-corrected chi connectivity index (χ3v) is 1.95. The minimum atomic E-state index is -0.342. The molecule has 2 aromatic rings. The van der Waals surface area contributed by atoms with E-state index in [0.29, 0.717) is 12.0 Å². The van der Waals surface area contributed by atoms with Crippen LogP contribution in [0.3, 0.4) is 0 Å².